The Morgan fingerprint density at radius 3 is 2.70 bits per heavy atom. The molecule has 3 rings (SSSR count). The summed E-state index contributed by atoms with van der Waals surface area (Å²) in [5, 5.41) is 14.8. The second-order valence-electron chi connectivity index (χ2n) is 6.84. The van der Waals surface area contributed by atoms with Crippen molar-refractivity contribution in [3.8, 4) is 0 Å². The lowest BCUT2D eigenvalue weighted by atomic mass is 9.75. The predicted octanol–water partition coefficient (Wildman–Crippen LogP) is 2.18. The number of nitrogens with one attached hydrogen (secondary N) is 3. The largest absolute Gasteiger partial charge is 0.431 e. The van der Waals surface area contributed by atoms with Gasteiger partial charge >= 0.3 is 6.18 Å². The van der Waals surface area contributed by atoms with E-state index in [-0.39, 0.29) is 17.5 Å². The van der Waals surface area contributed by atoms with E-state index in [1.165, 1.54) is 0 Å². The summed E-state index contributed by atoms with van der Waals surface area (Å²) >= 11 is 0. The zero-order valence-electron chi connectivity index (χ0n) is 15.1. The molecule has 0 radical (unpaired) electrons. The van der Waals surface area contributed by atoms with Crippen molar-refractivity contribution in [1.82, 2.24) is 10.7 Å². The highest BCUT2D eigenvalue weighted by Gasteiger charge is 2.42. The van der Waals surface area contributed by atoms with Crippen LogP contribution in [0.2, 0.25) is 0 Å². The molecule has 3 aliphatic rings. The summed E-state index contributed by atoms with van der Waals surface area (Å²) in [7, 11) is 0. The minimum atomic E-state index is -4.70. The van der Waals surface area contributed by atoms with Gasteiger partial charge in [0, 0.05) is 17.5 Å². The molecule has 0 fully saturated rings. The van der Waals surface area contributed by atoms with E-state index < -0.39 is 17.9 Å². The molecule has 0 aromatic rings. The van der Waals surface area contributed by atoms with Crippen molar-refractivity contribution in [1.29, 1.82) is 5.41 Å². The summed E-state index contributed by atoms with van der Waals surface area (Å²) in [4.78, 5) is 0. The molecule has 27 heavy (non-hydrogen) atoms. The predicted molar refractivity (Wildman–Crippen MR) is 98.8 cm³/mol. The molecular formula is C18H23F3N6. The highest BCUT2D eigenvalue weighted by Crippen LogP contribution is 2.40. The molecule has 0 saturated heterocycles. The third-order valence-electron chi connectivity index (χ3n) is 5.23. The van der Waals surface area contributed by atoms with Gasteiger partial charge in [0.25, 0.3) is 0 Å². The van der Waals surface area contributed by atoms with Crippen molar-refractivity contribution < 1.29 is 13.2 Å². The standard InChI is InChI=1S/C18H23F3N6/c1-3-4-9-8(2)13-11(5-6-12-14(13)17(24)27-26-12)25-15(9)10(7-22)16(23)18(19,20)21/h5-7,12,14-15,22,25-26H,3-4,23H2,1-2H3,(H2,24,27). The Morgan fingerprint density at radius 2 is 2.11 bits per heavy atom. The molecule has 0 aromatic heterocycles. The third-order valence-corrected chi connectivity index (χ3v) is 5.23. The van der Waals surface area contributed by atoms with Crippen LogP contribution in [0, 0.1) is 11.3 Å². The summed E-state index contributed by atoms with van der Waals surface area (Å²) in [5.74, 6) is 0.280. The summed E-state index contributed by atoms with van der Waals surface area (Å²) in [6, 6.07) is -0.880. The maximum absolute atomic E-state index is 13.2. The third kappa shape index (κ3) is 3.11. The Labute approximate surface area is 155 Å². The summed E-state index contributed by atoms with van der Waals surface area (Å²) in [5.41, 5.74) is 16.2. The van der Waals surface area contributed by atoms with Gasteiger partial charge in [-0.2, -0.15) is 18.3 Å². The number of amidine groups is 1. The lowest BCUT2D eigenvalue weighted by Crippen LogP contribution is -2.44. The number of alkyl halides is 3. The summed E-state index contributed by atoms with van der Waals surface area (Å²) in [6.07, 6.45) is 1.02. The first-order chi connectivity index (χ1) is 12.7. The number of allylic oxidation sites excluding steroid dienone is 3. The van der Waals surface area contributed by atoms with Crippen LogP contribution in [0.4, 0.5) is 13.2 Å². The van der Waals surface area contributed by atoms with Gasteiger partial charge in [-0.15, -0.1) is 0 Å². The molecule has 146 valence electrons. The average Bonchev–Trinajstić information content (AvgIpc) is 2.99. The van der Waals surface area contributed by atoms with Crippen LogP contribution in [0.15, 0.2) is 50.9 Å². The number of hydrogen-bond acceptors (Lipinski definition) is 6. The number of nitrogens with zero attached hydrogens (tertiary/aromatic N) is 1. The Balaban J connectivity index is 2.14. The van der Waals surface area contributed by atoms with E-state index in [9.17, 15) is 13.2 Å². The lowest BCUT2D eigenvalue weighted by molar-refractivity contribution is -0.0933. The fourth-order valence-electron chi connectivity index (χ4n) is 3.96. The maximum atomic E-state index is 13.2. The molecule has 0 bridgehead atoms. The average molecular weight is 380 g/mol. The van der Waals surface area contributed by atoms with Crippen LogP contribution in [0.25, 0.3) is 0 Å². The second-order valence-corrected chi connectivity index (χ2v) is 6.84. The molecule has 0 spiro atoms. The number of hydrazone groups is 1. The number of halogens is 3. The van der Waals surface area contributed by atoms with Gasteiger partial charge in [-0.3, -0.25) is 0 Å². The van der Waals surface area contributed by atoms with Crippen molar-refractivity contribution in [3.05, 3.63) is 45.8 Å². The maximum Gasteiger partial charge on any atom is 0.431 e. The van der Waals surface area contributed by atoms with E-state index in [0.717, 1.165) is 23.1 Å². The molecule has 9 heteroatoms. The number of hydrogen-bond donors (Lipinski definition) is 5. The fourth-order valence-corrected chi connectivity index (χ4v) is 3.96. The highest BCUT2D eigenvalue weighted by molar-refractivity contribution is 5.90. The smallest absolute Gasteiger partial charge is 0.394 e. The molecular weight excluding hydrogens is 357 g/mol. The number of nitrogens with two attached hydrogens (primary N) is 2. The van der Waals surface area contributed by atoms with Gasteiger partial charge in [0.15, 0.2) is 0 Å². The van der Waals surface area contributed by atoms with Crippen LogP contribution < -0.4 is 22.2 Å². The van der Waals surface area contributed by atoms with Crippen molar-refractivity contribution in [2.24, 2.45) is 22.5 Å². The van der Waals surface area contributed by atoms with Crippen LogP contribution in [-0.2, 0) is 0 Å². The first kappa shape index (κ1) is 19.1. The quantitative estimate of drug-likeness (QED) is 0.481. The van der Waals surface area contributed by atoms with E-state index in [1.54, 1.807) is 0 Å². The Hall–Kier alpha value is -2.71. The minimum absolute atomic E-state index is 0.0714. The Kier molecular flexibility index (Phi) is 4.79. The molecule has 2 heterocycles. The second kappa shape index (κ2) is 6.79. The first-order valence-electron chi connectivity index (χ1n) is 8.75. The summed E-state index contributed by atoms with van der Waals surface area (Å²) in [6.45, 7) is 3.85. The van der Waals surface area contributed by atoms with Gasteiger partial charge in [-0.1, -0.05) is 19.4 Å². The zero-order chi connectivity index (χ0) is 19.9. The summed E-state index contributed by atoms with van der Waals surface area (Å²) < 4.78 is 39.6. The van der Waals surface area contributed by atoms with Crippen LogP contribution >= 0.6 is 0 Å². The number of fused-ring (bicyclic) bond motifs is 2. The molecule has 0 saturated carbocycles. The van der Waals surface area contributed by atoms with Gasteiger partial charge in [0.05, 0.1) is 18.0 Å². The molecule has 1 aliphatic carbocycles. The lowest BCUT2D eigenvalue weighted by Gasteiger charge is -2.38. The van der Waals surface area contributed by atoms with E-state index in [0.29, 0.717) is 24.2 Å². The van der Waals surface area contributed by atoms with Gasteiger partial charge in [0.2, 0.25) is 0 Å². The monoisotopic (exact) mass is 380 g/mol. The molecule has 0 amide bonds. The molecule has 3 atom stereocenters. The van der Waals surface area contributed by atoms with Gasteiger partial charge in [0.1, 0.15) is 11.5 Å². The number of rotatable bonds is 4. The first-order valence-corrected chi connectivity index (χ1v) is 8.75. The molecule has 2 aliphatic heterocycles. The van der Waals surface area contributed by atoms with Crippen molar-refractivity contribution in [2.45, 2.75) is 44.9 Å². The molecule has 0 aromatic carbocycles. The van der Waals surface area contributed by atoms with Crippen LogP contribution in [0.1, 0.15) is 26.7 Å². The van der Waals surface area contributed by atoms with Crippen LogP contribution in [-0.4, -0.2) is 30.3 Å². The van der Waals surface area contributed by atoms with E-state index in [1.807, 2.05) is 26.0 Å². The van der Waals surface area contributed by atoms with E-state index in [2.05, 4.69) is 15.8 Å². The minimum Gasteiger partial charge on any atom is -0.394 e. The van der Waals surface area contributed by atoms with Crippen LogP contribution in [0.3, 0.4) is 0 Å². The van der Waals surface area contributed by atoms with E-state index >= 15 is 0 Å². The Bertz CT molecular complexity index is 815. The SMILES string of the molecule is CCCC1=C(C)C2=C(C=CC3NN=C(N)C23)NC1C(C=N)=C(N)C(F)(F)F. The normalized spacial score (nSPS) is 28.0. The van der Waals surface area contributed by atoms with E-state index in [4.69, 9.17) is 16.9 Å². The van der Waals surface area contributed by atoms with Crippen molar-refractivity contribution in [3.63, 3.8) is 0 Å². The molecule has 7 N–H and O–H groups in total. The topological polar surface area (TPSA) is 112 Å². The fraction of sp³-hybridized carbons (Fsp3) is 0.444. The van der Waals surface area contributed by atoms with Gasteiger partial charge < -0.3 is 27.6 Å². The molecule has 6 nitrogen and oxygen atoms in total. The van der Waals surface area contributed by atoms with Gasteiger partial charge in [-0.25, -0.2) is 0 Å². The van der Waals surface area contributed by atoms with Crippen molar-refractivity contribution in [2.75, 3.05) is 0 Å². The molecule has 3 unspecified atom stereocenters. The number of dihydropyridines is 1. The van der Waals surface area contributed by atoms with Gasteiger partial charge in [-0.05, 0) is 36.1 Å². The van der Waals surface area contributed by atoms with Crippen molar-refractivity contribution >= 4 is 12.1 Å². The zero-order valence-corrected chi connectivity index (χ0v) is 15.1. The Morgan fingerprint density at radius 1 is 1.41 bits per heavy atom. The highest BCUT2D eigenvalue weighted by atomic mass is 19.4. The van der Waals surface area contributed by atoms with Crippen LogP contribution in [0.5, 0.6) is 0 Å².